The average molecular weight is 339 g/mol. The Hall–Kier alpha value is -3.15. The minimum Gasteiger partial charge on any atom is -0.355 e. The number of rotatable bonds is 7. The third-order valence-corrected chi connectivity index (χ3v) is 3.37. The molecule has 2 aromatic rings. The van der Waals surface area contributed by atoms with Crippen molar-refractivity contribution in [1.82, 2.24) is 5.32 Å². The molecule has 0 aliphatic heterocycles. The third-order valence-electron chi connectivity index (χ3n) is 3.37. The zero-order valence-corrected chi connectivity index (χ0v) is 14.0. The Morgan fingerprint density at radius 2 is 1.40 bits per heavy atom. The first-order valence-corrected chi connectivity index (χ1v) is 8.01. The maximum Gasteiger partial charge on any atom is 0.226 e. The number of hydrogen-bond donors (Lipinski definition) is 3. The molecule has 6 nitrogen and oxygen atoms in total. The minimum absolute atomic E-state index is 0.112. The molecule has 0 atom stereocenters. The summed E-state index contributed by atoms with van der Waals surface area (Å²) >= 11 is 0. The molecular formula is C19H21N3O3. The lowest BCUT2D eigenvalue weighted by Crippen LogP contribution is -2.28. The fourth-order valence-corrected chi connectivity index (χ4v) is 2.22. The second kappa shape index (κ2) is 9.22. The van der Waals surface area contributed by atoms with Crippen molar-refractivity contribution in [2.45, 2.75) is 19.8 Å². The van der Waals surface area contributed by atoms with E-state index >= 15 is 0 Å². The van der Waals surface area contributed by atoms with Gasteiger partial charge >= 0.3 is 0 Å². The van der Waals surface area contributed by atoms with Crippen LogP contribution in [0.4, 0.5) is 11.4 Å². The maximum absolute atomic E-state index is 11.9. The summed E-state index contributed by atoms with van der Waals surface area (Å²) in [7, 11) is 0. The normalized spacial score (nSPS) is 9.96. The molecule has 3 N–H and O–H groups in total. The summed E-state index contributed by atoms with van der Waals surface area (Å²) in [5.41, 5.74) is 2.23. The predicted octanol–water partition coefficient (Wildman–Crippen LogP) is 2.33. The molecule has 0 fully saturated rings. The molecule has 0 bridgehead atoms. The van der Waals surface area contributed by atoms with Crippen LogP contribution in [0.5, 0.6) is 0 Å². The fourth-order valence-electron chi connectivity index (χ4n) is 2.22. The molecule has 0 unspecified atom stereocenters. The van der Waals surface area contributed by atoms with Gasteiger partial charge in [0.05, 0.1) is 6.42 Å². The number of hydrogen-bond acceptors (Lipinski definition) is 3. The predicted molar refractivity (Wildman–Crippen MR) is 97.1 cm³/mol. The van der Waals surface area contributed by atoms with Gasteiger partial charge in [0, 0.05) is 31.3 Å². The number of carbonyl (C=O) groups is 3. The van der Waals surface area contributed by atoms with E-state index in [9.17, 15) is 14.4 Å². The SMILES string of the molecule is CC(=O)Nc1ccc(NC(=O)CCNC(=O)Cc2ccccc2)cc1. The van der Waals surface area contributed by atoms with Crippen molar-refractivity contribution in [3.63, 3.8) is 0 Å². The summed E-state index contributed by atoms with van der Waals surface area (Å²) in [5.74, 6) is -0.450. The van der Waals surface area contributed by atoms with E-state index in [-0.39, 0.29) is 30.7 Å². The van der Waals surface area contributed by atoms with Crippen LogP contribution in [0.3, 0.4) is 0 Å². The van der Waals surface area contributed by atoms with Crippen molar-refractivity contribution in [2.75, 3.05) is 17.2 Å². The molecular weight excluding hydrogens is 318 g/mol. The highest BCUT2D eigenvalue weighted by Crippen LogP contribution is 2.13. The van der Waals surface area contributed by atoms with Gasteiger partial charge in [-0.3, -0.25) is 14.4 Å². The average Bonchev–Trinajstić information content (AvgIpc) is 2.57. The van der Waals surface area contributed by atoms with E-state index < -0.39 is 0 Å². The molecule has 0 aromatic heterocycles. The van der Waals surface area contributed by atoms with Crippen LogP contribution in [0, 0.1) is 0 Å². The summed E-state index contributed by atoms with van der Waals surface area (Å²) in [6.07, 6.45) is 0.487. The standard InChI is InChI=1S/C19H21N3O3/c1-14(23)21-16-7-9-17(10-8-16)22-18(24)11-12-20-19(25)13-15-5-3-2-4-6-15/h2-10H,11-13H2,1H3,(H,20,25)(H,21,23)(H,22,24). The van der Waals surface area contributed by atoms with Crippen LogP contribution in [0.15, 0.2) is 54.6 Å². The van der Waals surface area contributed by atoms with E-state index in [0.29, 0.717) is 17.8 Å². The van der Waals surface area contributed by atoms with Crippen LogP contribution in [0.25, 0.3) is 0 Å². The second-order valence-electron chi connectivity index (χ2n) is 5.57. The van der Waals surface area contributed by atoms with Crippen molar-refractivity contribution < 1.29 is 14.4 Å². The lowest BCUT2D eigenvalue weighted by atomic mass is 10.1. The Kier molecular flexibility index (Phi) is 6.71. The van der Waals surface area contributed by atoms with Crippen LogP contribution < -0.4 is 16.0 Å². The Bertz CT molecular complexity index is 727. The third kappa shape index (κ3) is 6.87. The number of nitrogens with one attached hydrogen (secondary N) is 3. The van der Waals surface area contributed by atoms with E-state index in [1.165, 1.54) is 6.92 Å². The van der Waals surface area contributed by atoms with E-state index in [0.717, 1.165) is 5.56 Å². The monoisotopic (exact) mass is 339 g/mol. The van der Waals surface area contributed by atoms with E-state index in [1.54, 1.807) is 24.3 Å². The van der Waals surface area contributed by atoms with Crippen LogP contribution in [0.1, 0.15) is 18.9 Å². The highest BCUT2D eigenvalue weighted by atomic mass is 16.2. The Labute approximate surface area is 146 Å². The van der Waals surface area contributed by atoms with Crippen LogP contribution in [-0.2, 0) is 20.8 Å². The second-order valence-corrected chi connectivity index (χ2v) is 5.57. The first-order valence-electron chi connectivity index (χ1n) is 8.01. The lowest BCUT2D eigenvalue weighted by Gasteiger charge is -2.08. The fraction of sp³-hybridized carbons (Fsp3) is 0.211. The molecule has 2 rings (SSSR count). The first kappa shape index (κ1) is 18.2. The molecule has 0 aliphatic rings. The summed E-state index contributed by atoms with van der Waals surface area (Å²) in [5, 5.41) is 8.13. The van der Waals surface area contributed by atoms with Gasteiger partial charge in [-0.2, -0.15) is 0 Å². The number of anilines is 2. The lowest BCUT2D eigenvalue weighted by molar-refractivity contribution is -0.120. The smallest absolute Gasteiger partial charge is 0.226 e. The molecule has 0 saturated heterocycles. The molecule has 0 aliphatic carbocycles. The zero-order chi connectivity index (χ0) is 18.1. The summed E-state index contributed by atoms with van der Waals surface area (Å²) in [4.78, 5) is 34.6. The Morgan fingerprint density at radius 1 is 0.800 bits per heavy atom. The van der Waals surface area contributed by atoms with Gasteiger partial charge in [0.15, 0.2) is 0 Å². The molecule has 2 aromatic carbocycles. The van der Waals surface area contributed by atoms with Crippen LogP contribution in [-0.4, -0.2) is 24.3 Å². The van der Waals surface area contributed by atoms with Crippen LogP contribution >= 0.6 is 0 Å². The highest BCUT2D eigenvalue weighted by Gasteiger charge is 2.06. The largest absolute Gasteiger partial charge is 0.355 e. The van der Waals surface area contributed by atoms with Crippen molar-refractivity contribution in [3.8, 4) is 0 Å². The van der Waals surface area contributed by atoms with E-state index in [1.807, 2.05) is 30.3 Å². The molecule has 0 heterocycles. The quantitative estimate of drug-likeness (QED) is 0.723. The van der Waals surface area contributed by atoms with Crippen molar-refractivity contribution in [2.24, 2.45) is 0 Å². The minimum atomic E-state index is -0.188. The van der Waals surface area contributed by atoms with Gasteiger partial charge in [-0.25, -0.2) is 0 Å². The number of benzene rings is 2. The molecule has 0 saturated carbocycles. The van der Waals surface area contributed by atoms with Gasteiger partial charge in [0.1, 0.15) is 0 Å². The van der Waals surface area contributed by atoms with Crippen LogP contribution in [0.2, 0.25) is 0 Å². The van der Waals surface area contributed by atoms with Gasteiger partial charge in [-0.1, -0.05) is 30.3 Å². The van der Waals surface area contributed by atoms with Gasteiger partial charge in [-0.05, 0) is 29.8 Å². The molecule has 6 heteroatoms. The Morgan fingerprint density at radius 3 is 2.00 bits per heavy atom. The summed E-state index contributed by atoms with van der Waals surface area (Å²) in [6, 6.07) is 16.3. The van der Waals surface area contributed by atoms with Crippen molar-refractivity contribution in [1.29, 1.82) is 0 Å². The Balaban J connectivity index is 1.70. The molecule has 0 spiro atoms. The number of amides is 3. The first-order chi connectivity index (χ1) is 12.0. The van der Waals surface area contributed by atoms with E-state index in [2.05, 4.69) is 16.0 Å². The van der Waals surface area contributed by atoms with Crippen molar-refractivity contribution in [3.05, 3.63) is 60.2 Å². The maximum atomic E-state index is 11.9. The zero-order valence-electron chi connectivity index (χ0n) is 14.0. The topological polar surface area (TPSA) is 87.3 Å². The molecule has 25 heavy (non-hydrogen) atoms. The highest BCUT2D eigenvalue weighted by molar-refractivity contribution is 5.92. The number of carbonyl (C=O) groups excluding carboxylic acids is 3. The summed E-state index contributed by atoms with van der Waals surface area (Å²) in [6.45, 7) is 1.71. The molecule has 3 amide bonds. The molecule has 0 radical (unpaired) electrons. The van der Waals surface area contributed by atoms with Crippen molar-refractivity contribution >= 4 is 29.1 Å². The van der Waals surface area contributed by atoms with E-state index in [4.69, 9.17) is 0 Å². The van der Waals surface area contributed by atoms with Gasteiger partial charge < -0.3 is 16.0 Å². The van der Waals surface area contributed by atoms with Gasteiger partial charge in [0.2, 0.25) is 17.7 Å². The summed E-state index contributed by atoms with van der Waals surface area (Å²) < 4.78 is 0. The van der Waals surface area contributed by atoms with Gasteiger partial charge in [0.25, 0.3) is 0 Å². The molecule has 130 valence electrons. The van der Waals surface area contributed by atoms with Gasteiger partial charge in [-0.15, -0.1) is 0 Å².